The van der Waals surface area contributed by atoms with Gasteiger partial charge in [0.1, 0.15) is 5.78 Å². The predicted molar refractivity (Wildman–Crippen MR) is 76.6 cm³/mol. The Morgan fingerprint density at radius 1 is 1.21 bits per heavy atom. The number of carbonyl (C=O) groups is 2. The average Bonchev–Trinajstić information content (AvgIpc) is 2.38. The largest absolute Gasteiger partial charge is 0.341 e. The molecule has 1 unspecified atom stereocenters. The fourth-order valence-electron chi connectivity index (χ4n) is 2.26. The van der Waals surface area contributed by atoms with Crippen LogP contribution in [0.2, 0.25) is 0 Å². The second-order valence-electron chi connectivity index (χ2n) is 5.07. The lowest BCUT2D eigenvalue weighted by molar-refractivity contribution is -0.137. The molecule has 0 fully saturated rings. The van der Waals surface area contributed by atoms with Gasteiger partial charge in [-0.15, -0.1) is 0 Å². The lowest BCUT2D eigenvalue weighted by Gasteiger charge is -2.23. The molecule has 3 nitrogen and oxygen atoms in total. The number of ketones is 1. The van der Waals surface area contributed by atoms with Gasteiger partial charge in [-0.1, -0.05) is 43.7 Å². The summed E-state index contributed by atoms with van der Waals surface area (Å²) in [6, 6.07) is 9.90. The van der Waals surface area contributed by atoms with Crippen LogP contribution < -0.4 is 0 Å². The van der Waals surface area contributed by atoms with E-state index in [-0.39, 0.29) is 17.6 Å². The molecule has 0 bridgehead atoms. The van der Waals surface area contributed by atoms with Gasteiger partial charge in [-0.05, 0) is 18.9 Å². The first-order valence-corrected chi connectivity index (χ1v) is 6.83. The minimum atomic E-state index is -0.170. The van der Waals surface area contributed by atoms with Crippen molar-refractivity contribution in [2.75, 3.05) is 7.05 Å². The maximum absolute atomic E-state index is 12.3. The van der Waals surface area contributed by atoms with E-state index in [0.29, 0.717) is 13.0 Å². The summed E-state index contributed by atoms with van der Waals surface area (Å²) in [6.07, 6.45) is 2.05. The molecule has 1 atom stereocenters. The van der Waals surface area contributed by atoms with Crippen LogP contribution >= 0.6 is 0 Å². The Bertz CT molecular complexity index is 414. The van der Waals surface area contributed by atoms with Crippen LogP contribution in [0.3, 0.4) is 0 Å². The fourth-order valence-corrected chi connectivity index (χ4v) is 2.26. The highest BCUT2D eigenvalue weighted by molar-refractivity contribution is 5.85. The Hall–Kier alpha value is -1.64. The van der Waals surface area contributed by atoms with Crippen molar-refractivity contribution in [1.82, 2.24) is 4.90 Å². The summed E-state index contributed by atoms with van der Waals surface area (Å²) >= 11 is 0. The quantitative estimate of drug-likeness (QED) is 0.756. The van der Waals surface area contributed by atoms with E-state index in [9.17, 15) is 9.59 Å². The third-order valence-electron chi connectivity index (χ3n) is 3.16. The van der Waals surface area contributed by atoms with Crippen LogP contribution in [0.1, 0.15) is 38.7 Å². The zero-order valence-corrected chi connectivity index (χ0v) is 12.1. The third kappa shape index (κ3) is 5.25. The molecule has 1 aromatic carbocycles. The number of hydrogen-bond acceptors (Lipinski definition) is 2. The third-order valence-corrected chi connectivity index (χ3v) is 3.16. The first-order chi connectivity index (χ1) is 9.04. The van der Waals surface area contributed by atoms with E-state index in [1.807, 2.05) is 37.3 Å². The number of hydrogen-bond donors (Lipinski definition) is 0. The van der Waals surface area contributed by atoms with Crippen LogP contribution in [-0.2, 0) is 16.1 Å². The molecule has 1 aromatic rings. The van der Waals surface area contributed by atoms with Crippen molar-refractivity contribution in [2.24, 2.45) is 5.92 Å². The summed E-state index contributed by atoms with van der Waals surface area (Å²) in [4.78, 5) is 25.3. The summed E-state index contributed by atoms with van der Waals surface area (Å²) in [5.74, 6) is -0.0166. The molecule has 0 radical (unpaired) electrons. The average molecular weight is 261 g/mol. The molecule has 3 heteroatoms. The Morgan fingerprint density at radius 2 is 1.84 bits per heavy atom. The molecule has 104 valence electrons. The number of carbonyl (C=O) groups excluding carboxylic acids is 2. The molecule has 0 aliphatic rings. The smallest absolute Gasteiger partial charge is 0.226 e. The van der Waals surface area contributed by atoms with Gasteiger partial charge in [0.25, 0.3) is 0 Å². The molecule has 0 aliphatic heterocycles. The van der Waals surface area contributed by atoms with Crippen LogP contribution in [0.25, 0.3) is 0 Å². The van der Waals surface area contributed by atoms with E-state index in [1.165, 1.54) is 0 Å². The molecular formula is C16H23NO2. The lowest BCUT2D eigenvalue weighted by atomic mass is 9.96. The van der Waals surface area contributed by atoms with Crippen LogP contribution in [0.4, 0.5) is 0 Å². The van der Waals surface area contributed by atoms with Crippen molar-refractivity contribution in [1.29, 1.82) is 0 Å². The van der Waals surface area contributed by atoms with E-state index in [0.717, 1.165) is 18.4 Å². The van der Waals surface area contributed by atoms with E-state index in [1.54, 1.807) is 18.9 Å². The normalized spacial score (nSPS) is 11.9. The minimum absolute atomic E-state index is 0.0703. The highest BCUT2D eigenvalue weighted by atomic mass is 16.2. The maximum atomic E-state index is 12.3. The van der Waals surface area contributed by atoms with E-state index in [2.05, 4.69) is 0 Å². The molecular weight excluding hydrogens is 238 g/mol. The van der Waals surface area contributed by atoms with Gasteiger partial charge < -0.3 is 9.69 Å². The zero-order valence-electron chi connectivity index (χ0n) is 12.1. The minimum Gasteiger partial charge on any atom is -0.341 e. The van der Waals surface area contributed by atoms with E-state index >= 15 is 0 Å². The number of rotatable bonds is 7. The van der Waals surface area contributed by atoms with Crippen molar-refractivity contribution in [3.8, 4) is 0 Å². The molecule has 0 aliphatic carbocycles. The maximum Gasteiger partial charge on any atom is 0.226 e. The van der Waals surface area contributed by atoms with Gasteiger partial charge in [0.05, 0.1) is 0 Å². The summed E-state index contributed by atoms with van der Waals surface area (Å²) in [5, 5.41) is 0. The Kier molecular flexibility index (Phi) is 6.26. The molecule has 0 aromatic heterocycles. The van der Waals surface area contributed by atoms with Gasteiger partial charge in [-0.2, -0.15) is 0 Å². The van der Waals surface area contributed by atoms with Gasteiger partial charge in [0.15, 0.2) is 0 Å². The molecule has 0 saturated heterocycles. The Morgan fingerprint density at radius 3 is 2.37 bits per heavy atom. The summed E-state index contributed by atoms with van der Waals surface area (Å²) in [7, 11) is 1.80. The fraction of sp³-hybridized carbons (Fsp3) is 0.500. The van der Waals surface area contributed by atoms with Gasteiger partial charge >= 0.3 is 0 Å². The van der Waals surface area contributed by atoms with Crippen LogP contribution in [0.15, 0.2) is 30.3 Å². The lowest BCUT2D eigenvalue weighted by Crippen LogP contribution is -2.33. The number of benzene rings is 1. The van der Waals surface area contributed by atoms with Crippen LogP contribution in [0, 0.1) is 5.92 Å². The highest BCUT2D eigenvalue weighted by Gasteiger charge is 2.22. The molecule has 1 amide bonds. The van der Waals surface area contributed by atoms with Crippen LogP contribution in [-0.4, -0.2) is 23.6 Å². The predicted octanol–water partition coefficient (Wildman–Crippen LogP) is 3.04. The first kappa shape index (κ1) is 15.4. The van der Waals surface area contributed by atoms with E-state index in [4.69, 9.17) is 0 Å². The summed E-state index contributed by atoms with van der Waals surface area (Å²) < 4.78 is 0. The van der Waals surface area contributed by atoms with Gasteiger partial charge in [0, 0.05) is 25.9 Å². The Labute approximate surface area is 115 Å². The highest BCUT2D eigenvalue weighted by Crippen LogP contribution is 2.16. The van der Waals surface area contributed by atoms with Crippen molar-refractivity contribution < 1.29 is 9.59 Å². The summed E-state index contributed by atoms with van der Waals surface area (Å²) in [5.41, 5.74) is 1.11. The molecule has 0 saturated carbocycles. The SMILES string of the molecule is CCCC(CC(C)=O)C(=O)N(C)Cc1ccccc1. The van der Waals surface area contributed by atoms with Crippen molar-refractivity contribution in [3.05, 3.63) is 35.9 Å². The van der Waals surface area contributed by atoms with Crippen LogP contribution in [0.5, 0.6) is 0 Å². The van der Waals surface area contributed by atoms with E-state index < -0.39 is 0 Å². The number of Topliss-reactive ketones (excluding diaryl/α,β-unsaturated/α-hetero) is 1. The van der Waals surface area contributed by atoms with Crippen molar-refractivity contribution >= 4 is 11.7 Å². The monoisotopic (exact) mass is 261 g/mol. The molecule has 1 rings (SSSR count). The number of amides is 1. The molecule has 19 heavy (non-hydrogen) atoms. The molecule has 0 N–H and O–H groups in total. The molecule has 0 spiro atoms. The first-order valence-electron chi connectivity index (χ1n) is 6.83. The van der Waals surface area contributed by atoms with Gasteiger partial charge in [-0.3, -0.25) is 4.79 Å². The zero-order chi connectivity index (χ0) is 14.3. The standard InChI is InChI=1S/C16H23NO2/c1-4-8-15(11-13(2)18)16(19)17(3)12-14-9-6-5-7-10-14/h5-7,9-10,15H,4,8,11-12H2,1-3H3. The van der Waals surface area contributed by atoms with Crippen molar-refractivity contribution in [2.45, 2.75) is 39.7 Å². The topological polar surface area (TPSA) is 37.4 Å². The second kappa shape index (κ2) is 7.72. The Balaban J connectivity index is 2.65. The second-order valence-corrected chi connectivity index (χ2v) is 5.07. The molecule has 0 heterocycles. The van der Waals surface area contributed by atoms with Gasteiger partial charge in [-0.25, -0.2) is 0 Å². The van der Waals surface area contributed by atoms with Crippen molar-refractivity contribution in [3.63, 3.8) is 0 Å². The summed E-state index contributed by atoms with van der Waals surface area (Å²) in [6.45, 7) is 4.18. The number of nitrogens with zero attached hydrogens (tertiary/aromatic N) is 1. The van der Waals surface area contributed by atoms with Gasteiger partial charge in [0.2, 0.25) is 5.91 Å².